The van der Waals surface area contributed by atoms with E-state index in [1.165, 1.54) is 0 Å². The molecular weight excluding hydrogens is 176 g/mol. The van der Waals surface area contributed by atoms with Crippen molar-refractivity contribution >= 4 is 49.6 Å². The molecule has 2 rings (SSSR count). The standard InChI is InChI=1S/C9H8N2.Ca.2H/c1-2-4-9-8(3-1)7-10-5-6-11-9;;;/h1-7,11H;;;/q;+2;2*-1. The Morgan fingerprint density at radius 2 is 2.08 bits per heavy atom. The van der Waals surface area contributed by atoms with Crippen LogP contribution in [0.5, 0.6) is 0 Å². The molecule has 1 aliphatic heterocycles. The van der Waals surface area contributed by atoms with Gasteiger partial charge >= 0.3 is 37.7 Å². The van der Waals surface area contributed by atoms with Gasteiger partial charge in [-0.05, 0) is 6.07 Å². The molecule has 1 aromatic carbocycles. The van der Waals surface area contributed by atoms with Crippen molar-refractivity contribution in [1.82, 2.24) is 0 Å². The molecule has 0 bridgehead atoms. The second-order valence-corrected chi connectivity index (χ2v) is 2.33. The van der Waals surface area contributed by atoms with E-state index in [9.17, 15) is 0 Å². The predicted molar refractivity (Wildman–Crippen MR) is 54.8 cm³/mol. The molecule has 1 aliphatic rings. The second-order valence-electron chi connectivity index (χ2n) is 2.33. The molecule has 1 heterocycles. The zero-order valence-corrected chi connectivity index (χ0v) is 8.90. The van der Waals surface area contributed by atoms with Crippen molar-refractivity contribution in [3.8, 4) is 0 Å². The van der Waals surface area contributed by atoms with Crippen LogP contribution in [-0.4, -0.2) is 44.0 Å². The van der Waals surface area contributed by atoms with E-state index in [-0.39, 0.29) is 40.6 Å². The molecule has 3 heteroatoms. The largest absolute Gasteiger partial charge is 2.00 e. The van der Waals surface area contributed by atoms with Gasteiger partial charge in [0.15, 0.2) is 0 Å². The molecule has 0 saturated heterocycles. The Kier molecular flexibility index (Phi) is 3.79. The number of nitrogens with zero attached hydrogens (tertiary/aromatic N) is 1. The SMILES string of the molecule is C1=CNc2ccccc2C=N1.[Ca+2].[H-].[H-]. The molecule has 58 valence electrons. The van der Waals surface area contributed by atoms with Gasteiger partial charge in [-0.3, -0.25) is 4.99 Å². The summed E-state index contributed by atoms with van der Waals surface area (Å²) < 4.78 is 0. The molecule has 0 aliphatic carbocycles. The van der Waals surface area contributed by atoms with E-state index < -0.39 is 0 Å². The molecule has 0 aromatic heterocycles. The summed E-state index contributed by atoms with van der Waals surface area (Å²) in [6, 6.07) is 8.05. The molecule has 12 heavy (non-hydrogen) atoms. The van der Waals surface area contributed by atoms with Crippen LogP contribution in [0, 0.1) is 0 Å². The summed E-state index contributed by atoms with van der Waals surface area (Å²) in [5.41, 5.74) is 2.22. The van der Waals surface area contributed by atoms with Gasteiger partial charge in [-0.2, -0.15) is 0 Å². The average molecular weight is 186 g/mol. The first-order valence-corrected chi connectivity index (χ1v) is 3.50. The topological polar surface area (TPSA) is 24.4 Å². The van der Waals surface area contributed by atoms with Crippen molar-refractivity contribution in [3.63, 3.8) is 0 Å². The number of benzene rings is 1. The smallest absolute Gasteiger partial charge is 1.00 e. The van der Waals surface area contributed by atoms with E-state index in [1.54, 1.807) is 6.20 Å². The van der Waals surface area contributed by atoms with Crippen molar-refractivity contribution in [3.05, 3.63) is 42.2 Å². The molecule has 0 atom stereocenters. The predicted octanol–water partition coefficient (Wildman–Crippen LogP) is 1.85. The van der Waals surface area contributed by atoms with Gasteiger partial charge in [0.25, 0.3) is 0 Å². The Morgan fingerprint density at radius 3 is 3.00 bits per heavy atom. The van der Waals surface area contributed by atoms with Crippen LogP contribution in [0.2, 0.25) is 0 Å². The summed E-state index contributed by atoms with van der Waals surface area (Å²) in [4.78, 5) is 4.04. The van der Waals surface area contributed by atoms with Crippen molar-refractivity contribution in [2.24, 2.45) is 4.99 Å². The molecule has 0 fully saturated rings. The van der Waals surface area contributed by atoms with Crippen molar-refractivity contribution in [1.29, 1.82) is 0 Å². The summed E-state index contributed by atoms with van der Waals surface area (Å²) in [6.07, 6.45) is 5.40. The van der Waals surface area contributed by atoms with Crippen LogP contribution in [0.3, 0.4) is 0 Å². The van der Waals surface area contributed by atoms with Gasteiger partial charge in [0.2, 0.25) is 0 Å². The number of anilines is 1. The monoisotopic (exact) mass is 186 g/mol. The van der Waals surface area contributed by atoms with Gasteiger partial charge < -0.3 is 8.17 Å². The van der Waals surface area contributed by atoms with Crippen LogP contribution in [-0.2, 0) is 0 Å². The van der Waals surface area contributed by atoms with Gasteiger partial charge in [-0.25, -0.2) is 0 Å². The number of rotatable bonds is 0. The van der Waals surface area contributed by atoms with Crippen LogP contribution in [0.1, 0.15) is 8.42 Å². The fraction of sp³-hybridized carbons (Fsp3) is 0. The molecule has 0 radical (unpaired) electrons. The second kappa shape index (κ2) is 4.65. The maximum absolute atomic E-state index is 4.04. The number of aliphatic imine (C=N–C) groups is 1. The molecular formula is C9H10CaN2. The van der Waals surface area contributed by atoms with Crippen LogP contribution < -0.4 is 5.32 Å². The van der Waals surface area contributed by atoms with E-state index in [2.05, 4.69) is 10.3 Å². The van der Waals surface area contributed by atoms with E-state index in [4.69, 9.17) is 0 Å². The van der Waals surface area contributed by atoms with E-state index in [0.717, 1.165) is 11.3 Å². The summed E-state index contributed by atoms with van der Waals surface area (Å²) >= 11 is 0. The van der Waals surface area contributed by atoms with Gasteiger partial charge in [0, 0.05) is 29.9 Å². The van der Waals surface area contributed by atoms with Gasteiger partial charge in [0.05, 0.1) is 0 Å². The number of para-hydroxylation sites is 1. The van der Waals surface area contributed by atoms with Crippen LogP contribution in [0.15, 0.2) is 41.7 Å². The minimum Gasteiger partial charge on any atom is -1.00 e. The normalized spacial score (nSPS) is 12.3. The molecule has 0 saturated carbocycles. The zero-order chi connectivity index (χ0) is 7.52. The van der Waals surface area contributed by atoms with Gasteiger partial charge in [-0.1, -0.05) is 18.2 Å². The fourth-order valence-corrected chi connectivity index (χ4v) is 1.03. The summed E-state index contributed by atoms with van der Waals surface area (Å²) in [5, 5.41) is 3.12. The summed E-state index contributed by atoms with van der Waals surface area (Å²) in [5.74, 6) is 0. The quantitative estimate of drug-likeness (QED) is 0.614. The molecule has 0 spiro atoms. The van der Waals surface area contributed by atoms with Gasteiger partial charge in [0.1, 0.15) is 0 Å². The third-order valence-corrected chi connectivity index (χ3v) is 1.57. The van der Waals surface area contributed by atoms with E-state index in [1.807, 2.05) is 36.7 Å². The third kappa shape index (κ3) is 2.09. The maximum Gasteiger partial charge on any atom is 2.00 e. The van der Waals surface area contributed by atoms with Crippen molar-refractivity contribution in [2.45, 2.75) is 0 Å². The van der Waals surface area contributed by atoms with E-state index in [0.29, 0.717) is 0 Å². The Bertz CT molecular complexity index is 326. The molecule has 2 nitrogen and oxygen atoms in total. The Hall–Kier alpha value is -0.310. The average Bonchev–Trinajstić information content (AvgIpc) is 2.28. The Morgan fingerprint density at radius 1 is 1.25 bits per heavy atom. The Labute approximate surface area is 104 Å². The van der Waals surface area contributed by atoms with E-state index >= 15 is 0 Å². The van der Waals surface area contributed by atoms with Gasteiger partial charge in [-0.15, -0.1) is 0 Å². The zero-order valence-electron chi connectivity index (χ0n) is 8.70. The first-order valence-electron chi connectivity index (χ1n) is 3.50. The van der Waals surface area contributed by atoms with Crippen LogP contribution in [0.25, 0.3) is 0 Å². The number of hydrogen-bond donors (Lipinski definition) is 1. The first-order chi connectivity index (χ1) is 5.47. The molecule has 1 aromatic rings. The summed E-state index contributed by atoms with van der Waals surface area (Å²) in [7, 11) is 0. The summed E-state index contributed by atoms with van der Waals surface area (Å²) in [6.45, 7) is 0. The minimum atomic E-state index is 0. The number of hydrogen-bond acceptors (Lipinski definition) is 2. The first kappa shape index (κ1) is 9.78. The number of nitrogens with one attached hydrogen (secondary N) is 1. The maximum atomic E-state index is 4.04. The van der Waals surface area contributed by atoms with Crippen LogP contribution in [0.4, 0.5) is 5.69 Å². The molecule has 0 amide bonds. The third-order valence-electron chi connectivity index (χ3n) is 1.57. The Balaban J connectivity index is 0. The van der Waals surface area contributed by atoms with Crippen molar-refractivity contribution in [2.75, 3.05) is 5.32 Å². The van der Waals surface area contributed by atoms with Crippen LogP contribution >= 0.6 is 0 Å². The molecule has 0 unspecified atom stereocenters. The fourth-order valence-electron chi connectivity index (χ4n) is 1.03. The van der Waals surface area contributed by atoms with Crippen molar-refractivity contribution < 1.29 is 2.85 Å². The number of fused-ring (bicyclic) bond motifs is 1. The minimum absolute atomic E-state index is 0. The molecule has 1 N–H and O–H groups in total.